The Bertz CT molecular complexity index is 766. The van der Waals surface area contributed by atoms with E-state index in [1.807, 2.05) is 23.1 Å². The standard InChI is InChI=1S/C21H25ClN2O3/c1-4-11-24(12-10-16-8-6-5-7-9-16)15-21(25)23-18-13-17(22)19(26-2)14-20(18)27-3/h4-9,13-14H,1,10-12,15H2,2-3H3,(H,23,25). The summed E-state index contributed by atoms with van der Waals surface area (Å²) >= 11 is 6.16. The second-order valence-corrected chi connectivity index (χ2v) is 6.40. The second-order valence-electron chi connectivity index (χ2n) is 5.99. The molecule has 144 valence electrons. The second kappa shape index (κ2) is 10.6. The highest BCUT2D eigenvalue weighted by molar-refractivity contribution is 6.32. The normalized spacial score (nSPS) is 10.5. The zero-order valence-electron chi connectivity index (χ0n) is 15.7. The average Bonchev–Trinajstić information content (AvgIpc) is 2.67. The van der Waals surface area contributed by atoms with Gasteiger partial charge in [0, 0.05) is 19.2 Å². The van der Waals surface area contributed by atoms with Gasteiger partial charge in [-0.3, -0.25) is 9.69 Å². The predicted octanol–water partition coefficient (Wildman–Crippen LogP) is 4.03. The van der Waals surface area contributed by atoms with Crippen molar-refractivity contribution in [3.05, 3.63) is 65.7 Å². The van der Waals surface area contributed by atoms with Gasteiger partial charge in [-0.05, 0) is 18.1 Å². The number of hydrogen-bond donors (Lipinski definition) is 1. The predicted molar refractivity (Wildman–Crippen MR) is 110 cm³/mol. The molecule has 1 N–H and O–H groups in total. The Kier molecular flexibility index (Phi) is 8.17. The molecular weight excluding hydrogens is 364 g/mol. The van der Waals surface area contributed by atoms with E-state index in [0.717, 1.165) is 13.0 Å². The van der Waals surface area contributed by atoms with Crippen molar-refractivity contribution in [2.24, 2.45) is 0 Å². The van der Waals surface area contributed by atoms with Crippen molar-refractivity contribution in [3.63, 3.8) is 0 Å². The summed E-state index contributed by atoms with van der Waals surface area (Å²) in [7, 11) is 3.06. The van der Waals surface area contributed by atoms with Gasteiger partial charge in [0.2, 0.25) is 5.91 Å². The van der Waals surface area contributed by atoms with Gasteiger partial charge < -0.3 is 14.8 Å². The number of nitrogens with zero attached hydrogens (tertiary/aromatic N) is 1. The molecule has 0 fully saturated rings. The van der Waals surface area contributed by atoms with Crippen LogP contribution in [0, 0.1) is 0 Å². The third-order valence-corrected chi connectivity index (χ3v) is 4.36. The van der Waals surface area contributed by atoms with Crippen LogP contribution in [0.2, 0.25) is 5.02 Å². The van der Waals surface area contributed by atoms with E-state index in [1.165, 1.54) is 19.8 Å². The first-order chi connectivity index (χ1) is 13.1. The first kappa shape index (κ1) is 20.8. The van der Waals surface area contributed by atoms with Crippen molar-refractivity contribution in [1.29, 1.82) is 0 Å². The molecule has 0 atom stereocenters. The molecule has 2 rings (SSSR count). The van der Waals surface area contributed by atoms with E-state index in [0.29, 0.717) is 28.8 Å². The molecule has 0 bridgehead atoms. The number of ether oxygens (including phenoxy) is 2. The largest absolute Gasteiger partial charge is 0.495 e. The molecule has 2 aromatic rings. The van der Waals surface area contributed by atoms with E-state index in [2.05, 4.69) is 24.0 Å². The molecule has 2 aromatic carbocycles. The summed E-state index contributed by atoms with van der Waals surface area (Å²) in [6.45, 7) is 5.40. The summed E-state index contributed by atoms with van der Waals surface area (Å²) in [5.41, 5.74) is 1.74. The molecule has 0 aliphatic carbocycles. The fourth-order valence-electron chi connectivity index (χ4n) is 2.70. The van der Waals surface area contributed by atoms with Gasteiger partial charge in [0.25, 0.3) is 0 Å². The monoisotopic (exact) mass is 388 g/mol. The Balaban J connectivity index is 2.01. The van der Waals surface area contributed by atoms with Gasteiger partial charge >= 0.3 is 0 Å². The SMILES string of the molecule is C=CCN(CCc1ccccc1)CC(=O)Nc1cc(Cl)c(OC)cc1OC. The maximum absolute atomic E-state index is 12.5. The zero-order valence-corrected chi connectivity index (χ0v) is 16.5. The van der Waals surface area contributed by atoms with Crippen LogP contribution >= 0.6 is 11.6 Å². The molecule has 0 saturated carbocycles. The van der Waals surface area contributed by atoms with Crippen molar-refractivity contribution in [3.8, 4) is 11.5 Å². The highest BCUT2D eigenvalue weighted by Crippen LogP contribution is 2.35. The summed E-state index contributed by atoms with van der Waals surface area (Å²) in [5, 5.41) is 3.26. The van der Waals surface area contributed by atoms with Gasteiger partial charge in [-0.1, -0.05) is 48.0 Å². The maximum Gasteiger partial charge on any atom is 0.238 e. The molecule has 0 aliphatic heterocycles. The average molecular weight is 389 g/mol. The highest BCUT2D eigenvalue weighted by atomic mass is 35.5. The Labute approximate surface area is 165 Å². The summed E-state index contributed by atoms with van der Waals surface area (Å²) in [5.74, 6) is 0.830. The van der Waals surface area contributed by atoms with Crippen molar-refractivity contribution in [1.82, 2.24) is 4.90 Å². The van der Waals surface area contributed by atoms with Gasteiger partial charge in [-0.25, -0.2) is 0 Å². The van der Waals surface area contributed by atoms with Gasteiger partial charge in [0.1, 0.15) is 11.5 Å². The van der Waals surface area contributed by atoms with E-state index in [4.69, 9.17) is 21.1 Å². The minimum Gasteiger partial charge on any atom is -0.495 e. The van der Waals surface area contributed by atoms with E-state index >= 15 is 0 Å². The summed E-state index contributed by atoms with van der Waals surface area (Å²) in [4.78, 5) is 14.6. The molecule has 1 amide bonds. The number of carbonyl (C=O) groups is 1. The van der Waals surface area contributed by atoms with Crippen LogP contribution in [-0.4, -0.2) is 44.7 Å². The quantitative estimate of drug-likeness (QED) is 0.624. The number of methoxy groups -OCH3 is 2. The number of benzene rings is 2. The van der Waals surface area contributed by atoms with Gasteiger partial charge in [0.15, 0.2) is 0 Å². The van der Waals surface area contributed by atoms with Gasteiger partial charge in [-0.2, -0.15) is 0 Å². The molecule has 0 aliphatic rings. The van der Waals surface area contributed by atoms with Crippen molar-refractivity contribution in [2.75, 3.05) is 39.2 Å². The Hall–Kier alpha value is -2.50. The number of carbonyl (C=O) groups excluding carboxylic acids is 1. The van der Waals surface area contributed by atoms with Crippen LogP contribution in [0.25, 0.3) is 0 Å². The topological polar surface area (TPSA) is 50.8 Å². The van der Waals surface area contributed by atoms with E-state index in [-0.39, 0.29) is 12.5 Å². The molecule has 0 radical (unpaired) electrons. The third kappa shape index (κ3) is 6.31. The fourth-order valence-corrected chi connectivity index (χ4v) is 2.94. The number of hydrogen-bond acceptors (Lipinski definition) is 4. The molecule has 0 saturated heterocycles. The summed E-state index contributed by atoms with van der Waals surface area (Å²) in [6.07, 6.45) is 2.66. The first-order valence-corrected chi connectivity index (χ1v) is 9.03. The van der Waals surface area contributed by atoms with Crippen LogP contribution in [0.15, 0.2) is 55.1 Å². The van der Waals surface area contributed by atoms with Crippen LogP contribution in [0.4, 0.5) is 5.69 Å². The fraction of sp³-hybridized carbons (Fsp3) is 0.286. The minimum absolute atomic E-state index is 0.149. The number of amides is 1. The lowest BCUT2D eigenvalue weighted by atomic mass is 10.1. The van der Waals surface area contributed by atoms with Crippen molar-refractivity contribution in [2.45, 2.75) is 6.42 Å². The van der Waals surface area contributed by atoms with Crippen LogP contribution < -0.4 is 14.8 Å². The third-order valence-electron chi connectivity index (χ3n) is 4.06. The van der Waals surface area contributed by atoms with Crippen LogP contribution in [0.5, 0.6) is 11.5 Å². The lowest BCUT2D eigenvalue weighted by molar-refractivity contribution is -0.117. The zero-order chi connectivity index (χ0) is 19.6. The van der Waals surface area contributed by atoms with Crippen LogP contribution in [-0.2, 0) is 11.2 Å². The highest BCUT2D eigenvalue weighted by Gasteiger charge is 2.15. The molecule has 0 heterocycles. The van der Waals surface area contributed by atoms with E-state index in [1.54, 1.807) is 18.2 Å². The lowest BCUT2D eigenvalue weighted by Crippen LogP contribution is -2.35. The molecular formula is C21H25ClN2O3. The van der Waals surface area contributed by atoms with Gasteiger partial charge in [0.05, 0.1) is 31.5 Å². The van der Waals surface area contributed by atoms with E-state index < -0.39 is 0 Å². The number of nitrogens with one attached hydrogen (secondary N) is 1. The smallest absolute Gasteiger partial charge is 0.238 e. The molecule has 0 aromatic heterocycles. The van der Waals surface area contributed by atoms with E-state index in [9.17, 15) is 4.79 Å². The minimum atomic E-state index is -0.149. The van der Waals surface area contributed by atoms with Crippen molar-refractivity contribution < 1.29 is 14.3 Å². The number of anilines is 1. The number of rotatable bonds is 10. The molecule has 27 heavy (non-hydrogen) atoms. The summed E-state index contributed by atoms with van der Waals surface area (Å²) < 4.78 is 10.5. The van der Waals surface area contributed by atoms with Gasteiger partial charge in [-0.15, -0.1) is 6.58 Å². The maximum atomic E-state index is 12.5. The number of halogens is 1. The first-order valence-electron chi connectivity index (χ1n) is 8.66. The molecule has 0 spiro atoms. The summed E-state index contributed by atoms with van der Waals surface area (Å²) in [6, 6.07) is 13.4. The van der Waals surface area contributed by atoms with Crippen molar-refractivity contribution >= 4 is 23.2 Å². The van der Waals surface area contributed by atoms with Crippen LogP contribution in [0.3, 0.4) is 0 Å². The Morgan fingerprint density at radius 2 is 1.89 bits per heavy atom. The Morgan fingerprint density at radius 3 is 2.52 bits per heavy atom. The lowest BCUT2D eigenvalue weighted by Gasteiger charge is -2.21. The van der Waals surface area contributed by atoms with Crippen LogP contribution in [0.1, 0.15) is 5.56 Å². The molecule has 6 heteroatoms. The molecule has 0 unspecified atom stereocenters. The molecule has 5 nitrogen and oxygen atoms in total. The Morgan fingerprint density at radius 1 is 1.19 bits per heavy atom.